The number of H-pyrrole nitrogens is 1. The lowest BCUT2D eigenvalue weighted by molar-refractivity contribution is -0.156. The molecule has 0 radical (unpaired) electrons. The lowest BCUT2D eigenvalue weighted by Gasteiger charge is -2.46. The Morgan fingerprint density at radius 1 is 1.02 bits per heavy atom. The second-order valence-corrected chi connectivity index (χ2v) is 11.3. The molecule has 11 nitrogen and oxygen atoms in total. The summed E-state index contributed by atoms with van der Waals surface area (Å²) in [5.74, 6) is -0.635. The predicted molar refractivity (Wildman–Crippen MR) is 175 cm³/mol. The Labute approximate surface area is 267 Å². The van der Waals surface area contributed by atoms with Gasteiger partial charge < -0.3 is 35.8 Å². The molecule has 1 aliphatic heterocycles. The molecule has 3 aromatic carbocycles. The van der Waals surface area contributed by atoms with Gasteiger partial charge in [-0.25, -0.2) is 4.79 Å². The number of phenols is 1. The Hall–Kier alpha value is -5.42. The summed E-state index contributed by atoms with van der Waals surface area (Å²) in [6, 6.07) is 20.1. The number of ketones is 1. The van der Waals surface area contributed by atoms with Gasteiger partial charge in [-0.05, 0) is 35.7 Å². The van der Waals surface area contributed by atoms with E-state index >= 15 is 0 Å². The van der Waals surface area contributed by atoms with Gasteiger partial charge in [-0.15, -0.1) is 6.58 Å². The molecule has 0 spiro atoms. The fourth-order valence-electron chi connectivity index (χ4n) is 5.78. The summed E-state index contributed by atoms with van der Waals surface area (Å²) < 4.78 is 0. The number of piperazine rings is 1. The van der Waals surface area contributed by atoms with Gasteiger partial charge in [0, 0.05) is 43.2 Å². The normalized spacial score (nSPS) is 16.3. The zero-order chi connectivity index (χ0) is 32.6. The molecule has 0 aliphatic carbocycles. The van der Waals surface area contributed by atoms with Crippen molar-refractivity contribution in [3.8, 4) is 5.75 Å². The first-order chi connectivity index (χ1) is 22.2. The highest BCUT2D eigenvalue weighted by atomic mass is 16.3. The highest BCUT2D eigenvalue weighted by Crippen LogP contribution is 2.27. The molecule has 2 heterocycles. The number of phenolic OH excluding ortho intramolecular Hbond substituents is 1. The van der Waals surface area contributed by atoms with Crippen molar-refractivity contribution in [2.75, 3.05) is 19.6 Å². The van der Waals surface area contributed by atoms with Crippen molar-refractivity contribution in [1.82, 2.24) is 30.7 Å². The van der Waals surface area contributed by atoms with Crippen molar-refractivity contribution in [3.05, 3.63) is 114 Å². The van der Waals surface area contributed by atoms with Crippen LogP contribution >= 0.6 is 0 Å². The number of aromatic amines is 1. The van der Waals surface area contributed by atoms with Crippen molar-refractivity contribution >= 4 is 34.5 Å². The van der Waals surface area contributed by atoms with Crippen LogP contribution in [0.15, 0.2) is 91.6 Å². The summed E-state index contributed by atoms with van der Waals surface area (Å²) >= 11 is 0. The molecule has 0 saturated carbocycles. The molecule has 238 valence electrons. The van der Waals surface area contributed by atoms with E-state index in [4.69, 9.17) is 0 Å². The third kappa shape index (κ3) is 7.44. The second kappa shape index (κ2) is 14.6. The maximum atomic E-state index is 14.3. The molecule has 46 heavy (non-hydrogen) atoms. The standard InChI is InChI=1S/C35H38N6O5/c1-3-16-36-20-32(44)41-30(17-24-12-14-27(43)15-13-24)34(45)40(21-26-10-7-11-28-29(23(2)42)19-37-33(26)28)22-31(41)39-35(46)38-18-25-8-5-4-6-9-25/h3-15,19,30-31,36-37,43H,1,16-18,20-22H2,2H3,(H2,38,39,46)/t30-,31?/m0/s1. The Morgan fingerprint density at radius 3 is 2.50 bits per heavy atom. The average molecular weight is 623 g/mol. The number of urea groups is 1. The van der Waals surface area contributed by atoms with Crippen molar-refractivity contribution in [3.63, 3.8) is 0 Å². The Bertz CT molecular complexity index is 1720. The van der Waals surface area contributed by atoms with Gasteiger partial charge in [0.25, 0.3) is 0 Å². The first kappa shape index (κ1) is 32.0. The van der Waals surface area contributed by atoms with E-state index in [-0.39, 0.29) is 55.9 Å². The highest BCUT2D eigenvalue weighted by molar-refractivity contribution is 6.07. The molecule has 4 amide bonds. The van der Waals surface area contributed by atoms with Gasteiger partial charge in [-0.1, -0.05) is 66.7 Å². The van der Waals surface area contributed by atoms with Gasteiger partial charge in [0.05, 0.1) is 18.6 Å². The first-order valence-corrected chi connectivity index (χ1v) is 15.1. The maximum absolute atomic E-state index is 14.3. The zero-order valence-corrected chi connectivity index (χ0v) is 25.7. The van der Waals surface area contributed by atoms with Gasteiger partial charge in [-0.3, -0.25) is 14.4 Å². The number of rotatable bonds is 12. The quantitative estimate of drug-likeness (QED) is 0.0929. The van der Waals surface area contributed by atoms with Crippen LogP contribution in [0.1, 0.15) is 34.0 Å². The number of hydrogen-bond acceptors (Lipinski definition) is 6. The van der Waals surface area contributed by atoms with Gasteiger partial charge in [0.1, 0.15) is 18.0 Å². The molecule has 2 atom stereocenters. The van der Waals surface area contributed by atoms with Gasteiger partial charge in [0.15, 0.2) is 5.78 Å². The summed E-state index contributed by atoms with van der Waals surface area (Å²) in [5.41, 5.74) is 3.74. The second-order valence-electron chi connectivity index (χ2n) is 11.3. The average Bonchev–Trinajstić information content (AvgIpc) is 3.49. The summed E-state index contributed by atoms with van der Waals surface area (Å²) in [7, 11) is 0. The lowest BCUT2D eigenvalue weighted by Crippen LogP contribution is -2.69. The summed E-state index contributed by atoms with van der Waals surface area (Å²) in [4.78, 5) is 59.8. The number of nitrogens with one attached hydrogen (secondary N) is 4. The third-order valence-corrected chi connectivity index (χ3v) is 8.02. The molecular formula is C35H38N6O5. The minimum Gasteiger partial charge on any atom is -0.508 e. The van der Waals surface area contributed by atoms with E-state index in [2.05, 4.69) is 27.5 Å². The molecule has 1 aromatic heterocycles. The molecule has 5 N–H and O–H groups in total. The number of benzene rings is 3. The molecule has 4 aromatic rings. The summed E-state index contributed by atoms with van der Waals surface area (Å²) in [5, 5.41) is 19.4. The summed E-state index contributed by atoms with van der Waals surface area (Å²) in [6.07, 6.45) is 2.60. The van der Waals surface area contributed by atoms with Crippen LogP contribution in [0.5, 0.6) is 5.75 Å². The van der Waals surface area contributed by atoms with E-state index in [1.807, 2.05) is 48.5 Å². The number of Topliss-reactive ketones (excluding diaryl/α,β-unsaturated/α-hetero) is 1. The van der Waals surface area contributed by atoms with Crippen LogP contribution in [0.25, 0.3) is 10.9 Å². The van der Waals surface area contributed by atoms with E-state index in [1.165, 1.54) is 24.0 Å². The molecular weight excluding hydrogens is 584 g/mol. The SMILES string of the molecule is C=CCNCC(=O)N1C(NC(=O)NCc2ccccc2)CN(Cc2cccc3c(C(C)=O)c[nH]c23)C(=O)[C@@H]1Cc1ccc(O)cc1. The molecule has 1 unspecified atom stereocenters. The smallest absolute Gasteiger partial charge is 0.316 e. The van der Waals surface area contributed by atoms with Crippen molar-refractivity contribution < 1.29 is 24.3 Å². The molecule has 11 heteroatoms. The highest BCUT2D eigenvalue weighted by Gasteiger charge is 2.43. The third-order valence-electron chi connectivity index (χ3n) is 8.02. The fraction of sp³-hybridized carbons (Fsp3) is 0.257. The zero-order valence-electron chi connectivity index (χ0n) is 25.7. The molecule has 1 saturated heterocycles. The van der Waals surface area contributed by atoms with Crippen molar-refractivity contribution in [2.24, 2.45) is 0 Å². The van der Waals surface area contributed by atoms with E-state index in [0.29, 0.717) is 12.1 Å². The number of hydrogen-bond donors (Lipinski definition) is 5. The van der Waals surface area contributed by atoms with Gasteiger partial charge >= 0.3 is 6.03 Å². The monoisotopic (exact) mass is 622 g/mol. The Balaban J connectivity index is 1.47. The molecule has 1 fully saturated rings. The van der Waals surface area contributed by atoms with E-state index in [9.17, 15) is 24.3 Å². The lowest BCUT2D eigenvalue weighted by atomic mass is 9.98. The van der Waals surface area contributed by atoms with Crippen LogP contribution in [0.3, 0.4) is 0 Å². The van der Waals surface area contributed by atoms with E-state index in [1.54, 1.807) is 29.3 Å². The number of para-hydroxylation sites is 1. The number of amides is 4. The minimum atomic E-state index is -0.952. The molecule has 0 bridgehead atoms. The van der Waals surface area contributed by atoms with Crippen LogP contribution < -0.4 is 16.0 Å². The largest absolute Gasteiger partial charge is 0.508 e. The molecule has 1 aliphatic rings. The fourth-order valence-corrected chi connectivity index (χ4v) is 5.78. The number of carbonyl (C=O) groups is 4. The van der Waals surface area contributed by atoms with Gasteiger partial charge in [-0.2, -0.15) is 0 Å². The van der Waals surface area contributed by atoms with Crippen molar-refractivity contribution in [1.29, 1.82) is 0 Å². The van der Waals surface area contributed by atoms with Crippen LogP contribution in [0, 0.1) is 0 Å². The van der Waals surface area contributed by atoms with E-state index < -0.39 is 18.2 Å². The van der Waals surface area contributed by atoms with E-state index in [0.717, 1.165) is 27.6 Å². The van der Waals surface area contributed by atoms with Crippen molar-refractivity contribution in [2.45, 2.75) is 38.6 Å². The van der Waals surface area contributed by atoms with Crippen LogP contribution in [0.4, 0.5) is 4.79 Å². The van der Waals surface area contributed by atoms with Crippen LogP contribution in [-0.2, 0) is 29.1 Å². The predicted octanol–water partition coefficient (Wildman–Crippen LogP) is 3.46. The topological polar surface area (TPSA) is 147 Å². The number of nitrogens with zero attached hydrogens (tertiary/aromatic N) is 2. The number of carbonyl (C=O) groups excluding carboxylic acids is 4. The summed E-state index contributed by atoms with van der Waals surface area (Å²) in [6.45, 7) is 6.01. The number of aromatic nitrogens is 1. The molecule has 5 rings (SSSR count). The van der Waals surface area contributed by atoms with Gasteiger partial charge in [0.2, 0.25) is 11.8 Å². The maximum Gasteiger partial charge on any atom is 0.316 e. The van der Waals surface area contributed by atoms with Crippen LogP contribution in [-0.4, -0.2) is 75.4 Å². The number of aromatic hydroxyl groups is 1. The Morgan fingerprint density at radius 2 is 1.78 bits per heavy atom. The first-order valence-electron chi connectivity index (χ1n) is 15.1. The Kier molecular flexibility index (Phi) is 10.1. The number of fused-ring (bicyclic) bond motifs is 1. The van der Waals surface area contributed by atoms with Crippen LogP contribution in [0.2, 0.25) is 0 Å². The minimum absolute atomic E-state index is 0.0352.